The normalized spacial score (nSPS) is 13.6. The quantitative estimate of drug-likeness (QED) is 0.266. The SMILES string of the molecule is CCCc1cc2cc(Cl)ccc2[s+]1C(F)(F)F.O=S(=O)([O-])C(F)(F)F. The molecule has 1 atom stereocenters. The second kappa shape index (κ2) is 7.68. The molecule has 1 unspecified atom stereocenters. The Morgan fingerprint density at radius 2 is 1.64 bits per heavy atom. The maximum Gasteiger partial charge on any atom is 0.600 e. The maximum atomic E-state index is 13.1. The monoisotopic (exact) mass is 428 g/mol. The van der Waals surface area contributed by atoms with E-state index in [0.29, 0.717) is 32.8 Å². The lowest BCUT2D eigenvalue weighted by Crippen LogP contribution is -2.21. The van der Waals surface area contributed by atoms with Crippen molar-refractivity contribution in [2.75, 3.05) is 0 Å². The Morgan fingerprint density at radius 3 is 2.04 bits per heavy atom. The lowest BCUT2D eigenvalue weighted by molar-refractivity contribution is -0.0867. The predicted octanol–water partition coefficient (Wildman–Crippen LogP) is 5.72. The topological polar surface area (TPSA) is 57.2 Å². The fourth-order valence-corrected chi connectivity index (χ4v) is 4.11. The highest BCUT2D eigenvalue weighted by molar-refractivity contribution is 7.86. The molecule has 25 heavy (non-hydrogen) atoms. The van der Waals surface area contributed by atoms with Crippen LogP contribution in [0.2, 0.25) is 5.02 Å². The molecule has 1 aromatic heterocycles. The van der Waals surface area contributed by atoms with Crippen molar-refractivity contribution in [1.29, 1.82) is 0 Å². The lowest BCUT2D eigenvalue weighted by Gasteiger charge is -2.08. The van der Waals surface area contributed by atoms with E-state index in [0.717, 1.165) is 0 Å². The Morgan fingerprint density at radius 1 is 1.12 bits per heavy atom. The first-order chi connectivity index (χ1) is 11.2. The molecule has 0 spiro atoms. The summed E-state index contributed by atoms with van der Waals surface area (Å²) < 4.78 is 98.4. The number of halogens is 7. The molecule has 2 aromatic rings. The third-order valence-corrected chi connectivity index (χ3v) is 5.70. The van der Waals surface area contributed by atoms with Crippen LogP contribution in [0.25, 0.3) is 10.1 Å². The molecule has 0 bridgehead atoms. The van der Waals surface area contributed by atoms with Gasteiger partial charge in [0.05, 0.1) is 10.5 Å². The summed E-state index contributed by atoms with van der Waals surface area (Å²) in [5.74, 6) is 0. The van der Waals surface area contributed by atoms with Crippen LogP contribution in [0.15, 0.2) is 24.3 Å². The van der Waals surface area contributed by atoms with Gasteiger partial charge in [-0.3, -0.25) is 0 Å². The summed E-state index contributed by atoms with van der Waals surface area (Å²) in [6.45, 7) is 1.88. The number of thiophene rings is 1. The molecular weight excluding hydrogens is 418 g/mol. The molecule has 142 valence electrons. The van der Waals surface area contributed by atoms with Gasteiger partial charge in [-0.05, 0) is 18.6 Å². The smallest absolute Gasteiger partial charge is 0.600 e. The van der Waals surface area contributed by atoms with Crippen molar-refractivity contribution in [3.05, 3.63) is 34.2 Å². The lowest BCUT2D eigenvalue weighted by atomic mass is 10.2. The van der Waals surface area contributed by atoms with Crippen LogP contribution in [0.5, 0.6) is 0 Å². The molecule has 0 amide bonds. The zero-order chi connectivity index (χ0) is 19.6. The molecule has 0 N–H and O–H groups in total. The average molecular weight is 429 g/mol. The highest BCUT2D eigenvalue weighted by Gasteiger charge is 2.47. The molecule has 12 heteroatoms. The van der Waals surface area contributed by atoms with Crippen LogP contribution in [0, 0.1) is 0 Å². The van der Waals surface area contributed by atoms with Crippen LogP contribution in [-0.2, 0) is 22.0 Å². The van der Waals surface area contributed by atoms with Crippen molar-refractivity contribution in [3.8, 4) is 0 Å². The molecule has 0 fully saturated rings. The minimum atomic E-state index is -6.09. The third-order valence-electron chi connectivity index (χ3n) is 2.78. The number of fused-ring (bicyclic) bond motifs is 1. The number of hydrogen-bond acceptors (Lipinski definition) is 3. The molecular formula is C13H11ClF6O3S2. The van der Waals surface area contributed by atoms with Crippen molar-refractivity contribution in [2.24, 2.45) is 0 Å². The number of rotatable bonds is 2. The molecule has 0 saturated carbocycles. The molecule has 0 aliphatic heterocycles. The summed E-state index contributed by atoms with van der Waals surface area (Å²) in [7, 11) is -7.85. The Labute approximate surface area is 146 Å². The molecule has 0 aliphatic rings. The second-order valence-corrected chi connectivity index (χ2v) is 8.54. The van der Waals surface area contributed by atoms with E-state index in [1.54, 1.807) is 12.1 Å². The van der Waals surface area contributed by atoms with Crippen LogP contribution < -0.4 is 0 Å². The summed E-state index contributed by atoms with van der Waals surface area (Å²) >= 11 is 5.80. The number of hydrogen-bond donors (Lipinski definition) is 0. The van der Waals surface area contributed by atoms with Gasteiger partial charge in [-0.25, -0.2) is 8.42 Å². The number of aryl methyl sites for hydroxylation is 1. The van der Waals surface area contributed by atoms with Crippen LogP contribution in [0.3, 0.4) is 0 Å². The number of benzene rings is 1. The van der Waals surface area contributed by atoms with Crippen LogP contribution >= 0.6 is 22.1 Å². The fraction of sp³-hybridized carbons (Fsp3) is 0.385. The van der Waals surface area contributed by atoms with Gasteiger partial charge in [0.25, 0.3) is 0 Å². The Hall–Kier alpha value is -1.04. The van der Waals surface area contributed by atoms with Gasteiger partial charge < -0.3 is 4.55 Å². The summed E-state index contributed by atoms with van der Waals surface area (Å²) in [4.78, 5) is 0.470. The van der Waals surface area contributed by atoms with E-state index in [9.17, 15) is 26.3 Å². The maximum absolute atomic E-state index is 13.1. The predicted molar refractivity (Wildman–Crippen MR) is 82.5 cm³/mol. The summed E-state index contributed by atoms with van der Waals surface area (Å²) in [6, 6.07) is 6.26. The largest absolute Gasteiger partial charge is 0.741 e. The van der Waals surface area contributed by atoms with Gasteiger partial charge in [0.2, 0.25) is 0 Å². The number of alkyl halides is 6. The first-order valence-electron chi connectivity index (χ1n) is 6.52. The van der Waals surface area contributed by atoms with Gasteiger partial charge in [-0.15, -0.1) is 13.2 Å². The molecule has 1 heterocycles. The van der Waals surface area contributed by atoms with Gasteiger partial charge in [0.1, 0.15) is 0 Å². The van der Waals surface area contributed by atoms with Crippen LogP contribution in [0.1, 0.15) is 18.2 Å². The van der Waals surface area contributed by atoms with Gasteiger partial charge >= 0.3 is 11.0 Å². The van der Waals surface area contributed by atoms with E-state index < -0.39 is 31.6 Å². The molecule has 0 radical (unpaired) electrons. The van der Waals surface area contributed by atoms with E-state index in [4.69, 9.17) is 24.6 Å². The summed E-state index contributed by atoms with van der Waals surface area (Å²) in [6.07, 6.45) is 1.20. The minimum absolute atomic E-state index is 0.352. The van der Waals surface area contributed by atoms with Gasteiger partial charge in [-0.1, -0.05) is 18.5 Å². The van der Waals surface area contributed by atoms with E-state index in [2.05, 4.69) is 0 Å². The summed E-state index contributed by atoms with van der Waals surface area (Å²) in [5, 5.41) is 1.09. The third kappa shape index (κ3) is 5.73. The first kappa shape index (κ1) is 22.0. The van der Waals surface area contributed by atoms with E-state index >= 15 is 0 Å². The molecule has 0 aliphatic carbocycles. The van der Waals surface area contributed by atoms with Crippen molar-refractivity contribution in [2.45, 2.75) is 30.8 Å². The minimum Gasteiger partial charge on any atom is -0.741 e. The fourth-order valence-electron chi connectivity index (χ4n) is 1.89. The Kier molecular flexibility index (Phi) is 6.76. The average Bonchev–Trinajstić information content (AvgIpc) is 2.74. The first-order valence-corrected chi connectivity index (χ1v) is 9.53. The van der Waals surface area contributed by atoms with Crippen molar-refractivity contribution < 1.29 is 39.3 Å². The van der Waals surface area contributed by atoms with Crippen LogP contribution in [0.4, 0.5) is 26.3 Å². The Bertz CT molecular complexity index is 840. The molecule has 3 nitrogen and oxygen atoms in total. The van der Waals surface area contributed by atoms with Crippen molar-refractivity contribution >= 4 is 42.3 Å². The second-order valence-electron chi connectivity index (χ2n) is 4.69. The molecule has 1 aromatic carbocycles. The van der Waals surface area contributed by atoms with E-state index in [1.165, 1.54) is 12.1 Å². The zero-order valence-corrected chi connectivity index (χ0v) is 14.8. The molecule has 0 saturated heterocycles. The van der Waals surface area contributed by atoms with Gasteiger partial charge in [-0.2, -0.15) is 13.2 Å². The van der Waals surface area contributed by atoms with Gasteiger partial charge in [0, 0.05) is 29.0 Å². The molecule has 2 rings (SSSR count). The standard InChI is InChI=1S/C12H11ClF3S.CHF3O3S/c1-2-3-10-7-8-6-9(13)4-5-11(8)17(10)12(14,15)16;2-1(3,4)8(5,6)7/h4-7H,2-3H2,1H3;(H,5,6,7)/q+1;/p-1. The Balaban J connectivity index is 0.000000333. The van der Waals surface area contributed by atoms with Crippen molar-refractivity contribution in [1.82, 2.24) is 0 Å². The summed E-state index contributed by atoms with van der Waals surface area (Å²) in [5.41, 5.74) is -9.84. The van der Waals surface area contributed by atoms with Crippen LogP contribution in [-0.4, -0.2) is 18.5 Å². The van der Waals surface area contributed by atoms with Crippen molar-refractivity contribution in [3.63, 3.8) is 0 Å². The zero-order valence-electron chi connectivity index (χ0n) is 12.4. The van der Waals surface area contributed by atoms with E-state index in [1.807, 2.05) is 6.92 Å². The highest BCUT2D eigenvalue weighted by atomic mass is 35.5. The highest BCUT2D eigenvalue weighted by Crippen LogP contribution is 2.51. The van der Waals surface area contributed by atoms with Gasteiger partial charge in [0.15, 0.2) is 19.7 Å². The van der Waals surface area contributed by atoms with E-state index in [-0.39, 0.29) is 0 Å².